The first-order valence-electron chi connectivity index (χ1n) is 5.46. The fourth-order valence-electron chi connectivity index (χ4n) is 1.51. The normalized spacial score (nSPS) is 10.7. The predicted octanol–water partition coefficient (Wildman–Crippen LogP) is 2.73. The van der Waals surface area contributed by atoms with Crippen molar-refractivity contribution in [3.05, 3.63) is 29.4 Å². The van der Waals surface area contributed by atoms with Gasteiger partial charge in [-0.15, -0.1) is 0 Å². The van der Waals surface area contributed by atoms with E-state index in [1.165, 1.54) is 0 Å². The van der Waals surface area contributed by atoms with Gasteiger partial charge in [-0.3, -0.25) is 0 Å². The Balaban J connectivity index is 2.14. The number of benzene rings is 1. The van der Waals surface area contributed by atoms with Crippen molar-refractivity contribution >= 4 is 28.5 Å². The second-order valence-corrected chi connectivity index (χ2v) is 3.98. The third kappa shape index (κ3) is 3.05. The molecular weight excluding hydrogens is 238 g/mol. The molecule has 17 heavy (non-hydrogen) atoms. The van der Waals surface area contributed by atoms with E-state index in [-0.39, 0.29) is 0 Å². The fraction of sp³-hybridized carbons (Fsp3) is 0.333. The molecule has 0 aliphatic rings. The van der Waals surface area contributed by atoms with Gasteiger partial charge in [0.2, 0.25) is 0 Å². The molecule has 0 spiro atoms. The molecule has 5 heteroatoms. The summed E-state index contributed by atoms with van der Waals surface area (Å²) in [5.74, 6) is 0.626. The molecule has 0 saturated heterocycles. The minimum atomic E-state index is 0.404. The number of hydrogen-bond acceptors (Lipinski definition) is 4. The lowest BCUT2D eigenvalue weighted by atomic mass is 10.3. The van der Waals surface area contributed by atoms with Crippen LogP contribution in [0, 0.1) is 0 Å². The molecule has 0 aliphatic carbocycles. The molecule has 4 nitrogen and oxygen atoms in total. The van der Waals surface area contributed by atoms with Crippen LogP contribution in [0.1, 0.15) is 6.42 Å². The van der Waals surface area contributed by atoms with Crippen molar-refractivity contribution < 1.29 is 4.74 Å². The minimum Gasteiger partial charge on any atom is -0.385 e. The Morgan fingerprint density at radius 2 is 1.94 bits per heavy atom. The molecule has 0 unspecified atom stereocenters. The average Bonchev–Trinajstić information content (AvgIpc) is 2.35. The maximum absolute atomic E-state index is 6.05. The Bertz CT molecular complexity index is 504. The Labute approximate surface area is 105 Å². The van der Waals surface area contributed by atoms with E-state index in [0.717, 1.165) is 24.0 Å². The van der Waals surface area contributed by atoms with Crippen molar-refractivity contribution in [3.8, 4) is 0 Å². The van der Waals surface area contributed by atoms with Crippen molar-refractivity contribution in [1.29, 1.82) is 0 Å². The third-order valence-corrected chi connectivity index (χ3v) is 2.61. The largest absolute Gasteiger partial charge is 0.385 e. The third-order valence-electron chi connectivity index (χ3n) is 2.35. The van der Waals surface area contributed by atoms with Crippen molar-refractivity contribution in [2.75, 3.05) is 25.6 Å². The standard InChI is InChI=1S/C12H14ClN3O/c1-17-8-4-7-14-12-11(13)15-9-5-2-3-6-10(9)16-12/h2-3,5-6H,4,7-8H2,1H3,(H,14,16). The Kier molecular flexibility index (Phi) is 4.12. The van der Waals surface area contributed by atoms with Crippen LogP contribution in [-0.4, -0.2) is 30.2 Å². The predicted molar refractivity (Wildman–Crippen MR) is 69.5 cm³/mol. The van der Waals surface area contributed by atoms with Crippen molar-refractivity contribution in [1.82, 2.24) is 9.97 Å². The molecule has 0 saturated carbocycles. The molecule has 2 aromatic rings. The first kappa shape index (κ1) is 12.1. The summed E-state index contributed by atoms with van der Waals surface area (Å²) >= 11 is 6.05. The molecule has 0 aliphatic heterocycles. The van der Waals surface area contributed by atoms with Crippen LogP contribution in [0.3, 0.4) is 0 Å². The number of para-hydroxylation sites is 2. The highest BCUT2D eigenvalue weighted by atomic mass is 35.5. The van der Waals surface area contributed by atoms with Crippen LogP contribution in [0.25, 0.3) is 11.0 Å². The number of halogens is 1. The first-order valence-corrected chi connectivity index (χ1v) is 5.84. The number of nitrogens with zero attached hydrogens (tertiary/aromatic N) is 2. The van der Waals surface area contributed by atoms with Crippen LogP contribution in [0.5, 0.6) is 0 Å². The lowest BCUT2D eigenvalue weighted by Gasteiger charge is -2.07. The van der Waals surface area contributed by atoms with E-state index in [0.29, 0.717) is 17.6 Å². The first-order chi connectivity index (χ1) is 8.31. The summed E-state index contributed by atoms with van der Waals surface area (Å²) in [5.41, 5.74) is 1.64. The Morgan fingerprint density at radius 3 is 2.65 bits per heavy atom. The molecule has 1 aromatic heterocycles. The molecule has 0 amide bonds. The van der Waals surface area contributed by atoms with E-state index in [1.807, 2.05) is 24.3 Å². The molecule has 1 aromatic carbocycles. The summed E-state index contributed by atoms with van der Waals surface area (Å²) in [7, 11) is 1.68. The second kappa shape index (κ2) is 5.80. The number of aromatic nitrogens is 2. The van der Waals surface area contributed by atoms with Gasteiger partial charge in [-0.25, -0.2) is 9.97 Å². The zero-order valence-corrected chi connectivity index (χ0v) is 10.4. The van der Waals surface area contributed by atoms with Crippen LogP contribution in [0.4, 0.5) is 5.82 Å². The highest BCUT2D eigenvalue weighted by Gasteiger charge is 2.05. The van der Waals surface area contributed by atoms with Gasteiger partial charge in [0.25, 0.3) is 0 Å². The van der Waals surface area contributed by atoms with Crippen LogP contribution < -0.4 is 5.32 Å². The summed E-state index contributed by atoms with van der Waals surface area (Å²) < 4.78 is 4.97. The average molecular weight is 252 g/mol. The quantitative estimate of drug-likeness (QED) is 0.830. The number of rotatable bonds is 5. The second-order valence-electron chi connectivity index (χ2n) is 3.62. The molecule has 0 atom stereocenters. The Hall–Kier alpha value is -1.39. The number of fused-ring (bicyclic) bond motifs is 1. The van der Waals surface area contributed by atoms with Gasteiger partial charge in [0, 0.05) is 20.3 Å². The summed E-state index contributed by atoms with van der Waals surface area (Å²) in [4.78, 5) is 8.71. The zero-order valence-electron chi connectivity index (χ0n) is 9.61. The summed E-state index contributed by atoms with van der Waals surface area (Å²) in [6.07, 6.45) is 0.904. The van der Waals surface area contributed by atoms with E-state index in [1.54, 1.807) is 7.11 Å². The van der Waals surface area contributed by atoms with Crippen molar-refractivity contribution in [3.63, 3.8) is 0 Å². The molecule has 1 N–H and O–H groups in total. The van der Waals surface area contributed by atoms with Crippen LogP contribution in [0.2, 0.25) is 5.15 Å². The van der Waals surface area contributed by atoms with Gasteiger partial charge in [0.05, 0.1) is 11.0 Å². The van der Waals surface area contributed by atoms with Gasteiger partial charge in [-0.2, -0.15) is 0 Å². The van der Waals surface area contributed by atoms with Crippen LogP contribution in [-0.2, 0) is 4.74 Å². The van der Waals surface area contributed by atoms with E-state index >= 15 is 0 Å². The fourth-order valence-corrected chi connectivity index (χ4v) is 1.71. The topological polar surface area (TPSA) is 47.0 Å². The van der Waals surface area contributed by atoms with E-state index in [4.69, 9.17) is 16.3 Å². The highest BCUT2D eigenvalue weighted by Crippen LogP contribution is 2.20. The van der Waals surface area contributed by atoms with Gasteiger partial charge in [-0.05, 0) is 18.6 Å². The Morgan fingerprint density at radius 1 is 1.24 bits per heavy atom. The van der Waals surface area contributed by atoms with E-state index in [9.17, 15) is 0 Å². The maximum Gasteiger partial charge on any atom is 0.172 e. The van der Waals surface area contributed by atoms with E-state index < -0.39 is 0 Å². The number of ether oxygens (including phenoxy) is 1. The summed E-state index contributed by atoms with van der Waals surface area (Å²) in [6.45, 7) is 1.48. The minimum absolute atomic E-state index is 0.404. The molecular formula is C12H14ClN3O. The van der Waals surface area contributed by atoms with Gasteiger partial charge < -0.3 is 10.1 Å². The zero-order chi connectivity index (χ0) is 12.1. The number of hydrogen-bond donors (Lipinski definition) is 1. The van der Waals surface area contributed by atoms with Gasteiger partial charge in [0.1, 0.15) is 0 Å². The van der Waals surface area contributed by atoms with Crippen LogP contribution in [0.15, 0.2) is 24.3 Å². The summed E-state index contributed by atoms with van der Waals surface area (Å²) in [5, 5.41) is 3.56. The number of nitrogens with one attached hydrogen (secondary N) is 1. The smallest absolute Gasteiger partial charge is 0.172 e. The molecule has 0 radical (unpaired) electrons. The van der Waals surface area contributed by atoms with Gasteiger partial charge in [0.15, 0.2) is 11.0 Å². The van der Waals surface area contributed by atoms with E-state index in [2.05, 4.69) is 15.3 Å². The SMILES string of the molecule is COCCCNc1nc2ccccc2nc1Cl. The van der Waals surface area contributed by atoms with Gasteiger partial charge in [-0.1, -0.05) is 23.7 Å². The molecule has 0 fully saturated rings. The molecule has 0 bridgehead atoms. The monoisotopic (exact) mass is 251 g/mol. The molecule has 2 rings (SSSR count). The highest BCUT2D eigenvalue weighted by molar-refractivity contribution is 6.32. The van der Waals surface area contributed by atoms with Gasteiger partial charge >= 0.3 is 0 Å². The van der Waals surface area contributed by atoms with Crippen molar-refractivity contribution in [2.45, 2.75) is 6.42 Å². The molecule has 1 heterocycles. The maximum atomic E-state index is 6.05. The lowest BCUT2D eigenvalue weighted by Crippen LogP contribution is -2.07. The van der Waals surface area contributed by atoms with Crippen LogP contribution >= 0.6 is 11.6 Å². The molecule has 90 valence electrons. The van der Waals surface area contributed by atoms with Crippen molar-refractivity contribution in [2.24, 2.45) is 0 Å². The summed E-state index contributed by atoms with van der Waals surface area (Å²) in [6, 6.07) is 7.65. The number of methoxy groups -OCH3 is 1. The lowest BCUT2D eigenvalue weighted by molar-refractivity contribution is 0.198. The number of anilines is 1.